The lowest BCUT2D eigenvalue weighted by atomic mass is 10.1. The lowest BCUT2D eigenvalue weighted by Gasteiger charge is -2.09. The van der Waals surface area contributed by atoms with E-state index in [4.69, 9.17) is 33.7 Å². The van der Waals surface area contributed by atoms with E-state index in [1.807, 2.05) is 31.2 Å². The quantitative estimate of drug-likeness (QED) is 0.883. The van der Waals surface area contributed by atoms with Gasteiger partial charge in [0, 0.05) is 11.6 Å². The second kappa shape index (κ2) is 6.01. The molecule has 1 unspecified atom stereocenters. The van der Waals surface area contributed by atoms with Gasteiger partial charge in [-0.15, -0.1) is 0 Å². The minimum Gasteiger partial charge on any atom is -0.488 e. The van der Waals surface area contributed by atoms with Gasteiger partial charge in [-0.25, -0.2) is 0 Å². The summed E-state index contributed by atoms with van der Waals surface area (Å²) in [5, 5.41) is 0.461. The van der Waals surface area contributed by atoms with Gasteiger partial charge in [0.1, 0.15) is 12.4 Å². The first kappa shape index (κ1) is 12.4. The Bertz CT molecular complexity index is 350. The van der Waals surface area contributed by atoms with Gasteiger partial charge in [-0.2, -0.15) is 0 Å². The molecule has 82 valence electrons. The second-order valence-corrected chi connectivity index (χ2v) is 3.91. The standard InChI is InChI=1S/C11H13Cl2NO/c1-8(14)9-3-2-4-11(5-9)15-7-10(13)6-12/h2-6,8H,7,14H2,1H3. The van der Waals surface area contributed by atoms with Crippen molar-refractivity contribution in [1.29, 1.82) is 0 Å². The Labute approximate surface area is 99.6 Å². The average molecular weight is 246 g/mol. The van der Waals surface area contributed by atoms with Crippen molar-refractivity contribution in [2.45, 2.75) is 13.0 Å². The first-order valence-electron chi connectivity index (χ1n) is 4.56. The third-order valence-electron chi connectivity index (χ3n) is 1.88. The molecular weight excluding hydrogens is 233 g/mol. The van der Waals surface area contributed by atoms with Gasteiger partial charge in [0.2, 0.25) is 0 Å². The SMILES string of the molecule is CC(N)c1cccc(OCC(Cl)=CCl)c1. The smallest absolute Gasteiger partial charge is 0.125 e. The molecule has 1 aromatic carbocycles. The van der Waals surface area contributed by atoms with Crippen molar-refractivity contribution in [3.05, 3.63) is 40.4 Å². The van der Waals surface area contributed by atoms with Crippen LogP contribution in [-0.2, 0) is 0 Å². The van der Waals surface area contributed by atoms with Crippen molar-refractivity contribution in [1.82, 2.24) is 0 Å². The van der Waals surface area contributed by atoms with E-state index in [2.05, 4.69) is 0 Å². The third kappa shape index (κ3) is 4.12. The van der Waals surface area contributed by atoms with E-state index in [1.165, 1.54) is 5.54 Å². The predicted octanol–water partition coefficient (Wildman–Crippen LogP) is 3.40. The van der Waals surface area contributed by atoms with Gasteiger partial charge in [-0.1, -0.05) is 35.3 Å². The summed E-state index contributed by atoms with van der Waals surface area (Å²) in [4.78, 5) is 0. The Morgan fingerprint density at radius 3 is 2.93 bits per heavy atom. The van der Waals surface area contributed by atoms with Crippen LogP contribution in [0.5, 0.6) is 5.75 Å². The fourth-order valence-corrected chi connectivity index (χ4v) is 1.19. The van der Waals surface area contributed by atoms with Crippen LogP contribution in [0.15, 0.2) is 34.8 Å². The van der Waals surface area contributed by atoms with Crippen LogP contribution in [0.2, 0.25) is 0 Å². The van der Waals surface area contributed by atoms with Crippen LogP contribution in [0.3, 0.4) is 0 Å². The molecule has 1 atom stereocenters. The van der Waals surface area contributed by atoms with Crippen LogP contribution < -0.4 is 10.5 Å². The summed E-state index contributed by atoms with van der Waals surface area (Å²) in [5.41, 5.74) is 8.07. The van der Waals surface area contributed by atoms with E-state index in [-0.39, 0.29) is 12.6 Å². The minimum atomic E-state index is -0.00686. The number of rotatable bonds is 4. The molecule has 1 rings (SSSR count). The normalized spacial score (nSPS) is 13.7. The van der Waals surface area contributed by atoms with Crippen LogP contribution >= 0.6 is 23.2 Å². The maximum atomic E-state index is 5.75. The molecule has 2 nitrogen and oxygen atoms in total. The molecule has 0 spiro atoms. The predicted molar refractivity (Wildman–Crippen MR) is 64.3 cm³/mol. The summed E-state index contributed by atoms with van der Waals surface area (Å²) < 4.78 is 5.41. The number of halogens is 2. The molecule has 15 heavy (non-hydrogen) atoms. The number of benzene rings is 1. The monoisotopic (exact) mass is 245 g/mol. The number of nitrogens with two attached hydrogens (primary N) is 1. The van der Waals surface area contributed by atoms with Crippen LogP contribution in [0.1, 0.15) is 18.5 Å². The van der Waals surface area contributed by atoms with Gasteiger partial charge >= 0.3 is 0 Å². The lowest BCUT2D eigenvalue weighted by Crippen LogP contribution is -2.05. The minimum absolute atomic E-state index is 0.00686. The van der Waals surface area contributed by atoms with Gasteiger partial charge in [-0.05, 0) is 24.6 Å². The summed E-state index contributed by atoms with van der Waals surface area (Å²) >= 11 is 11.1. The topological polar surface area (TPSA) is 35.2 Å². The van der Waals surface area contributed by atoms with Gasteiger partial charge < -0.3 is 10.5 Å². The van der Waals surface area contributed by atoms with Gasteiger partial charge in [0.15, 0.2) is 0 Å². The van der Waals surface area contributed by atoms with Gasteiger partial charge in [0.25, 0.3) is 0 Å². The molecule has 0 aliphatic rings. The average Bonchev–Trinajstić information content (AvgIpc) is 2.26. The van der Waals surface area contributed by atoms with Gasteiger partial charge in [0.05, 0.1) is 5.03 Å². The van der Waals surface area contributed by atoms with E-state index in [0.717, 1.165) is 11.3 Å². The maximum absolute atomic E-state index is 5.75. The highest BCUT2D eigenvalue weighted by molar-refractivity contribution is 6.36. The van der Waals surface area contributed by atoms with E-state index in [9.17, 15) is 0 Å². The number of hydrogen-bond acceptors (Lipinski definition) is 2. The van der Waals surface area contributed by atoms with Crippen LogP contribution in [-0.4, -0.2) is 6.61 Å². The molecule has 0 heterocycles. The van der Waals surface area contributed by atoms with Crippen molar-refractivity contribution >= 4 is 23.2 Å². The molecule has 2 N–H and O–H groups in total. The zero-order chi connectivity index (χ0) is 11.3. The van der Waals surface area contributed by atoms with Crippen molar-refractivity contribution in [2.75, 3.05) is 6.61 Å². The van der Waals surface area contributed by atoms with E-state index in [1.54, 1.807) is 0 Å². The van der Waals surface area contributed by atoms with Crippen molar-refractivity contribution in [2.24, 2.45) is 5.73 Å². The summed E-state index contributed by atoms with van der Waals surface area (Å²) in [6.07, 6.45) is 0. The molecule has 0 bridgehead atoms. The molecule has 4 heteroatoms. The molecule has 0 radical (unpaired) electrons. The molecule has 0 aromatic heterocycles. The maximum Gasteiger partial charge on any atom is 0.125 e. The molecule has 0 fully saturated rings. The van der Waals surface area contributed by atoms with Crippen molar-refractivity contribution in [3.8, 4) is 5.75 Å². The number of ether oxygens (including phenoxy) is 1. The first-order chi connectivity index (χ1) is 7.13. The summed E-state index contributed by atoms with van der Waals surface area (Å²) in [7, 11) is 0. The Kier molecular flexibility index (Phi) is 4.95. The van der Waals surface area contributed by atoms with Crippen LogP contribution in [0.25, 0.3) is 0 Å². The second-order valence-electron chi connectivity index (χ2n) is 3.21. The van der Waals surface area contributed by atoms with E-state index < -0.39 is 0 Å². The molecule has 0 saturated heterocycles. The lowest BCUT2D eigenvalue weighted by molar-refractivity contribution is 0.359. The summed E-state index contributed by atoms with van der Waals surface area (Å²) in [5.74, 6) is 0.737. The van der Waals surface area contributed by atoms with Gasteiger partial charge in [-0.3, -0.25) is 0 Å². The Hall–Kier alpha value is -0.700. The zero-order valence-electron chi connectivity index (χ0n) is 8.41. The third-order valence-corrected chi connectivity index (χ3v) is 2.47. The van der Waals surface area contributed by atoms with Crippen LogP contribution in [0.4, 0.5) is 0 Å². The number of hydrogen-bond donors (Lipinski definition) is 1. The Morgan fingerprint density at radius 2 is 2.33 bits per heavy atom. The molecule has 0 aliphatic heterocycles. The van der Waals surface area contributed by atoms with E-state index in [0.29, 0.717) is 5.03 Å². The molecule has 0 aliphatic carbocycles. The molecule has 1 aromatic rings. The molecule has 0 saturated carbocycles. The fourth-order valence-electron chi connectivity index (χ4n) is 1.07. The Balaban J connectivity index is 2.66. The van der Waals surface area contributed by atoms with Crippen LogP contribution in [0, 0.1) is 0 Å². The van der Waals surface area contributed by atoms with Crippen molar-refractivity contribution < 1.29 is 4.74 Å². The van der Waals surface area contributed by atoms with E-state index >= 15 is 0 Å². The highest BCUT2D eigenvalue weighted by atomic mass is 35.5. The largest absolute Gasteiger partial charge is 0.488 e. The molecule has 0 amide bonds. The highest BCUT2D eigenvalue weighted by Gasteiger charge is 2.01. The Morgan fingerprint density at radius 1 is 1.60 bits per heavy atom. The molecular formula is C11H13Cl2NO. The zero-order valence-corrected chi connectivity index (χ0v) is 9.92. The fraction of sp³-hybridized carbons (Fsp3) is 0.273. The summed E-state index contributed by atoms with van der Waals surface area (Å²) in [6.45, 7) is 2.19. The summed E-state index contributed by atoms with van der Waals surface area (Å²) in [6, 6.07) is 7.59. The van der Waals surface area contributed by atoms with Crippen molar-refractivity contribution in [3.63, 3.8) is 0 Å². The first-order valence-corrected chi connectivity index (χ1v) is 5.38. The highest BCUT2D eigenvalue weighted by Crippen LogP contribution is 2.18.